The molecule has 0 radical (unpaired) electrons. The summed E-state index contributed by atoms with van der Waals surface area (Å²) in [7, 11) is -3.55. The van der Waals surface area contributed by atoms with Crippen LogP contribution in [0.1, 0.15) is 37.3 Å². The van der Waals surface area contributed by atoms with Crippen LogP contribution in [0.2, 0.25) is 5.02 Å². The van der Waals surface area contributed by atoms with Gasteiger partial charge < -0.3 is 5.73 Å². The number of hydrogen-bond donors (Lipinski definition) is 2. The topological polar surface area (TPSA) is 72.2 Å². The molecule has 1 aliphatic carbocycles. The molecule has 20 heavy (non-hydrogen) atoms. The van der Waals surface area contributed by atoms with Gasteiger partial charge in [0.05, 0.1) is 4.90 Å². The first-order chi connectivity index (χ1) is 9.35. The summed E-state index contributed by atoms with van der Waals surface area (Å²) in [6.45, 7) is 4.12. The van der Waals surface area contributed by atoms with Crippen molar-refractivity contribution in [2.75, 3.05) is 0 Å². The van der Waals surface area contributed by atoms with E-state index in [2.05, 4.69) is 11.6 Å². The Morgan fingerprint density at radius 1 is 1.40 bits per heavy atom. The van der Waals surface area contributed by atoms with Crippen molar-refractivity contribution < 1.29 is 8.42 Å². The molecule has 1 aliphatic rings. The van der Waals surface area contributed by atoms with Gasteiger partial charge in [-0.05, 0) is 48.9 Å². The number of hydrogen-bond acceptors (Lipinski definition) is 3. The van der Waals surface area contributed by atoms with Gasteiger partial charge in [-0.2, -0.15) is 0 Å². The van der Waals surface area contributed by atoms with Crippen LogP contribution in [0.15, 0.2) is 17.0 Å². The highest BCUT2D eigenvalue weighted by molar-refractivity contribution is 7.89. The number of nitrogens with two attached hydrogens (primary N) is 1. The van der Waals surface area contributed by atoms with Crippen LogP contribution in [-0.4, -0.2) is 14.5 Å². The summed E-state index contributed by atoms with van der Waals surface area (Å²) in [5.74, 6) is 0.373. The molecule has 4 nitrogen and oxygen atoms in total. The molecule has 3 N–H and O–H groups in total. The number of rotatable bonds is 4. The monoisotopic (exact) mass is 316 g/mol. The van der Waals surface area contributed by atoms with Crippen LogP contribution in [-0.2, 0) is 16.6 Å². The average Bonchev–Trinajstić information content (AvgIpc) is 2.76. The van der Waals surface area contributed by atoms with Crippen LogP contribution in [0, 0.1) is 12.8 Å². The summed E-state index contributed by atoms with van der Waals surface area (Å²) in [4.78, 5) is 0.240. The van der Waals surface area contributed by atoms with Crippen molar-refractivity contribution in [2.24, 2.45) is 11.7 Å². The molecule has 0 saturated heterocycles. The van der Waals surface area contributed by atoms with E-state index < -0.39 is 10.0 Å². The number of nitrogens with one attached hydrogen (secondary N) is 1. The van der Waals surface area contributed by atoms with E-state index in [0.29, 0.717) is 16.5 Å². The van der Waals surface area contributed by atoms with E-state index >= 15 is 0 Å². The Balaban J connectivity index is 2.36. The Morgan fingerprint density at radius 3 is 2.65 bits per heavy atom. The third-order valence-electron chi connectivity index (χ3n) is 4.11. The molecule has 0 aliphatic heterocycles. The molecular weight excluding hydrogens is 296 g/mol. The van der Waals surface area contributed by atoms with Gasteiger partial charge in [-0.25, -0.2) is 13.1 Å². The fourth-order valence-electron chi connectivity index (χ4n) is 2.78. The second-order valence-electron chi connectivity index (χ2n) is 5.53. The van der Waals surface area contributed by atoms with Gasteiger partial charge in [0.1, 0.15) is 0 Å². The second kappa shape index (κ2) is 6.02. The molecule has 2 unspecified atom stereocenters. The quantitative estimate of drug-likeness (QED) is 0.896. The number of benzene rings is 1. The van der Waals surface area contributed by atoms with Gasteiger partial charge in [-0.3, -0.25) is 0 Å². The van der Waals surface area contributed by atoms with Gasteiger partial charge in [-0.15, -0.1) is 0 Å². The van der Waals surface area contributed by atoms with Crippen molar-refractivity contribution in [1.82, 2.24) is 4.72 Å². The van der Waals surface area contributed by atoms with Crippen molar-refractivity contribution in [1.29, 1.82) is 0 Å². The summed E-state index contributed by atoms with van der Waals surface area (Å²) in [5, 5.41) is 0.399. The molecule has 0 aromatic heterocycles. The largest absolute Gasteiger partial charge is 0.326 e. The maximum Gasteiger partial charge on any atom is 0.241 e. The Hall–Kier alpha value is -0.620. The van der Waals surface area contributed by atoms with Gasteiger partial charge in [0.15, 0.2) is 0 Å². The lowest BCUT2D eigenvalue weighted by Gasteiger charge is -2.19. The lowest BCUT2D eigenvalue weighted by molar-refractivity contribution is 0.476. The van der Waals surface area contributed by atoms with Crippen LogP contribution >= 0.6 is 11.6 Å². The smallest absolute Gasteiger partial charge is 0.241 e. The highest BCUT2D eigenvalue weighted by Crippen LogP contribution is 2.29. The number of halogens is 1. The summed E-state index contributed by atoms with van der Waals surface area (Å²) < 4.78 is 27.9. The summed E-state index contributed by atoms with van der Waals surface area (Å²) >= 11 is 6.00. The Labute approximate surface area is 125 Å². The zero-order valence-corrected chi connectivity index (χ0v) is 13.4. The first kappa shape index (κ1) is 15.8. The van der Waals surface area contributed by atoms with Gasteiger partial charge in [0.25, 0.3) is 0 Å². The molecular formula is C14H21ClN2O2S. The molecule has 2 atom stereocenters. The van der Waals surface area contributed by atoms with E-state index in [4.69, 9.17) is 17.3 Å². The maximum absolute atomic E-state index is 12.6. The van der Waals surface area contributed by atoms with Gasteiger partial charge in [0, 0.05) is 17.6 Å². The van der Waals surface area contributed by atoms with E-state index in [1.165, 1.54) is 6.07 Å². The molecule has 0 spiro atoms. The molecule has 1 aromatic carbocycles. The highest BCUT2D eigenvalue weighted by Gasteiger charge is 2.29. The zero-order valence-electron chi connectivity index (χ0n) is 11.8. The lowest BCUT2D eigenvalue weighted by atomic mass is 10.1. The SMILES string of the molecule is Cc1c(CN)cc(Cl)cc1S(=O)(=O)NC1CCCC1C. The van der Waals surface area contributed by atoms with Gasteiger partial charge >= 0.3 is 0 Å². The van der Waals surface area contributed by atoms with Crippen LogP contribution in [0.4, 0.5) is 0 Å². The summed E-state index contributed by atoms with van der Waals surface area (Å²) in [6.07, 6.45) is 3.02. The van der Waals surface area contributed by atoms with Gasteiger partial charge in [-0.1, -0.05) is 24.9 Å². The minimum absolute atomic E-state index is 0.0136. The Kier molecular flexibility index (Phi) is 4.74. The fourth-order valence-corrected chi connectivity index (χ4v) is 4.78. The van der Waals surface area contributed by atoms with Crippen molar-refractivity contribution in [3.05, 3.63) is 28.3 Å². The zero-order chi connectivity index (χ0) is 14.9. The predicted octanol–water partition coefficient (Wildman–Crippen LogP) is 2.57. The Morgan fingerprint density at radius 2 is 2.10 bits per heavy atom. The van der Waals surface area contributed by atoms with Crippen molar-refractivity contribution in [3.63, 3.8) is 0 Å². The predicted molar refractivity (Wildman–Crippen MR) is 81.2 cm³/mol. The molecule has 2 rings (SSSR count). The highest BCUT2D eigenvalue weighted by atomic mass is 35.5. The maximum atomic E-state index is 12.6. The molecule has 6 heteroatoms. The second-order valence-corrected chi connectivity index (χ2v) is 7.65. The van der Waals surface area contributed by atoms with Gasteiger partial charge in [0.2, 0.25) is 10.0 Å². The third-order valence-corrected chi connectivity index (χ3v) is 5.94. The Bertz CT molecular complexity index is 601. The summed E-state index contributed by atoms with van der Waals surface area (Å²) in [5.41, 5.74) is 7.08. The molecule has 0 heterocycles. The molecule has 1 fully saturated rings. The number of sulfonamides is 1. The van der Waals surface area contributed by atoms with Crippen LogP contribution in [0.3, 0.4) is 0 Å². The fraction of sp³-hybridized carbons (Fsp3) is 0.571. The normalized spacial score (nSPS) is 23.2. The van der Waals surface area contributed by atoms with Crippen LogP contribution < -0.4 is 10.5 Å². The van der Waals surface area contributed by atoms with E-state index in [-0.39, 0.29) is 17.5 Å². The minimum atomic E-state index is -3.55. The molecule has 1 aromatic rings. The summed E-state index contributed by atoms with van der Waals surface area (Å²) in [6, 6.07) is 3.23. The molecule has 0 amide bonds. The van der Waals surface area contributed by atoms with Crippen LogP contribution in [0.25, 0.3) is 0 Å². The third kappa shape index (κ3) is 3.17. The van der Waals surface area contributed by atoms with E-state index in [1.54, 1.807) is 13.0 Å². The van der Waals surface area contributed by atoms with E-state index in [9.17, 15) is 8.42 Å². The van der Waals surface area contributed by atoms with E-state index in [1.807, 2.05) is 0 Å². The molecule has 0 bridgehead atoms. The first-order valence-electron chi connectivity index (χ1n) is 6.86. The van der Waals surface area contributed by atoms with E-state index in [0.717, 1.165) is 24.8 Å². The van der Waals surface area contributed by atoms with Crippen molar-refractivity contribution in [3.8, 4) is 0 Å². The van der Waals surface area contributed by atoms with Crippen LogP contribution in [0.5, 0.6) is 0 Å². The standard InChI is InChI=1S/C14H21ClN2O2S/c1-9-4-3-5-13(9)17-20(18,19)14-7-12(15)6-11(8-16)10(14)2/h6-7,9,13,17H,3-5,8,16H2,1-2H3. The molecule has 112 valence electrons. The first-order valence-corrected chi connectivity index (χ1v) is 8.72. The average molecular weight is 317 g/mol. The minimum Gasteiger partial charge on any atom is -0.326 e. The van der Waals surface area contributed by atoms with Crippen molar-refractivity contribution >= 4 is 21.6 Å². The van der Waals surface area contributed by atoms with Crippen molar-refractivity contribution in [2.45, 2.75) is 50.6 Å². The molecule has 1 saturated carbocycles. The lowest BCUT2D eigenvalue weighted by Crippen LogP contribution is -2.36.